The lowest BCUT2D eigenvalue weighted by atomic mass is 10.2. The predicted octanol–water partition coefficient (Wildman–Crippen LogP) is 3.84. The maximum atomic E-state index is 13.4. The molecular formula is C15H13FN2O2S. The highest BCUT2D eigenvalue weighted by molar-refractivity contribution is 7.71. The average Bonchev–Trinajstić information content (AvgIpc) is 2.83. The van der Waals surface area contributed by atoms with Crippen LogP contribution in [0.4, 0.5) is 4.39 Å². The van der Waals surface area contributed by atoms with Crippen LogP contribution >= 0.6 is 12.2 Å². The molecule has 2 aromatic carbocycles. The largest absolute Gasteiger partial charge is 0.494 e. The van der Waals surface area contributed by atoms with Crippen molar-refractivity contribution in [2.24, 2.45) is 0 Å². The third-order valence-corrected chi connectivity index (χ3v) is 3.57. The van der Waals surface area contributed by atoms with Crippen molar-refractivity contribution >= 4 is 23.3 Å². The van der Waals surface area contributed by atoms with Crippen LogP contribution in [0.3, 0.4) is 0 Å². The van der Waals surface area contributed by atoms with E-state index in [2.05, 4.69) is 4.98 Å². The van der Waals surface area contributed by atoms with Gasteiger partial charge in [0.1, 0.15) is 22.8 Å². The first-order valence-electron chi connectivity index (χ1n) is 6.27. The zero-order valence-electron chi connectivity index (χ0n) is 11.5. The molecule has 4 nitrogen and oxygen atoms in total. The molecule has 1 heterocycles. The summed E-state index contributed by atoms with van der Waals surface area (Å²) in [4.78, 5) is 3.11. The number of para-hydroxylation sites is 1. The molecule has 0 radical (unpaired) electrons. The number of methoxy groups -OCH3 is 2. The normalized spacial score (nSPS) is 10.8. The molecule has 0 amide bonds. The second-order valence-corrected chi connectivity index (χ2v) is 4.82. The van der Waals surface area contributed by atoms with Crippen molar-refractivity contribution in [2.45, 2.75) is 0 Å². The van der Waals surface area contributed by atoms with Crippen molar-refractivity contribution in [3.05, 3.63) is 47.0 Å². The van der Waals surface area contributed by atoms with E-state index in [0.29, 0.717) is 22.0 Å². The number of imidazole rings is 1. The minimum absolute atomic E-state index is 0.362. The molecule has 0 fully saturated rings. The van der Waals surface area contributed by atoms with Crippen LogP contribution in [-0.2, 0) is 0 Å². The van der Waals surface area contributed by atoms with E-state index in [1.54, 1.807) is 17.7 Å². The van der Waals surface area contributed by atoms with E-state index in [4.69, 9.17) is 21.7 Å². The molecule has 0 saturated carbocycles. The van der Waals surface area contributed by atoms with Crippen molar-refractivity contribution in [2.75, 3.05) is 14.2 Å². The molecule has 6 heteroatoms. The first-order valence-corrected chi connectivity index (χ1v) is 6.68. The molecule has 108 valence electrons. The number of fused-ring (bicyclic) bond motifs is 1. The van der Waals surface area contributed by atoms with Crippen LogP contribution in [0.25, 0.3) is 16.7 Å². The van der Waals surface area contributed by atoms with E-state index >= 15 is 0 Å². The molecule has 0 spiro atoms. The van der Waals surface area contributed by atoms with Crippen LogP contribution in [0, 0.1) is 10.6 Å². The topological polar surface area (TPSA) is 39.2 Å². The Labute approximate surface area is 125 Å². The van der Waals surface area contributed by atoms with Gasteiger partial charge in [-0.1, -0.05) is 6.07 Å². The number of nitrogens with one attached hydrogen (secondary N) is 1. The van der Waals surface area contributed by atoms with Crippen molar-refractivity contribution < 1.29 is 13.9 Å². The first kappa shape index (κ1) is 13.6. The summed E-state index contributed by atoms with van der Waals surface area (Å²) >= 11 is 5.39. The second kappa shape index (κ2) is 5.21. The molecule has 0 aliphatic rings. The fourth-order valence-corrected chi connectivity index (χ4v) is 2.65. The van der Waals surface area contributed by atoms with Gasteiger partial charge in [0.05, 0.1) is 25.4 Å². The zero-order chi connectivity index (χ0) is 15.0. The number of halogens is 1. The zero-order valence-corrected chi connectivity index (χ0v) is 12.3. The second-order valence-electron chi connectivity index (χ2n) is 4.44. The summed E-state index contributed by atoms with van der Waals surface area (Å²) in [6, 6.07) is 9.97. The summed E-state index contributed by atoms with van der Waals surface area (Å²) in [5.41, 5.74) is 2.30. The Morgan fingerprint density at radius 1 is 1.10 bits per heavy atom. The SMILES string of the molecule is COc1cc(F)ccc1-n1c(=S)[nH]c2c(OC)cccc21. The molecule has 0 bridgehead atoms. The number of nitrogens with zero attached hydrogens (tertiary/aromatic N) is 1. The molecule has 21 heavy (non-hydrogen) atoms. The lowest BCUT2D eigenvalue weighted by Gasteiger charge is -2.10. The standard InChI is InChI=1S/C15H13FN2O2S/c1-19-12-5-3-4-11-14(12)17-15(21)18(11)10-7-6-9(16)8-13(10)20-2/h3-8H,1-2H3,(H,17,21). The lowest BCUT2D eigenvalue weighted by molar-refractivity contribution is 0.409. The number of aromatic amines is 1. The Kier molecular flexibility index (Phi) is 3.39. The van der Waals surface area contributed by atoms with Gasteiger partial charge in [-0.25, -0.2) is 4.39 Å². The predicted molar refractivity (Wildman–Crippen MR) is 81.5 cm³/mol. The maximum Gasteiger partial charge on any atom is 0.182 e. The number of hydrogen-bond donors (Lipinski definition) is 1. The third kappa shape index (κ3) is 2.17. The third-order valence-electron chi connectivity index (χ3n) is 3.28. The van der Waals surface area contributed by atoms with Crippen LogP contribution in [-0.4, -0.2) is 23.8 Å². The smallest absolute Gasteiger partial charge is 0.182 e. The summed E-state index contributed by atoms with van der Waals surface area (Å²) < 4.78 is 26.2. The Balaban J connectivity index is 2.36. The van der Waals surface area contributed by atoms with Crippen LogP contribution in [0.1, 0.15) is 0 Å². The maximum absolute atomic E-state index is 13.4. The molecule has 0 saturated heterocycles. The number of ether oxygens (including phenoxy) is 2. The van der Waals surface area contributed by atoms with Gasteiger partial charge in [-0.05, 0) is 36.5 Å². The Hall–Kier alpha value is -2.34. The van der Waals surface area contributed by atoms with Crippen LogP contribution in [0.5, 0.6) is 11.5 Å². The van der Waals surface area contributed by atoms with Crippen molar-refractivity contribution in [3.8, 4) is 17.2 Å². The van der Waals surface area contributed by atoms with Gasteiger partial charge in [0.25, 0.3) is 0 Å². The number of hydrogen-bond acceptors (Lipinski definition) is 3. The fourth-order valence-electron chi connectivity index (χ4n) is 2.35. The average molecular weight is 304 g/mol. The number of H-pyrrole nitrogens is 1. The summed E-state index contributed by atoms with van der Waals surface area (Å²) in [5.74, 6) is 0.743. The number of rotatable bonds is 3. The minimum Gasteiger partial charge on any atom is -0.494 e. The Morgan fingerprint density at radius 2 is 1.86 bits per heavy atom. The van der Waals surface area contributed by atoms with Gasteiger partial charge >= 0.3 is 0 Å². The van der Waals surface area contributed by atoms with E-state index in [-0.39, 0.29) is 5.82 Å². The van der Waals surface area contributed by atoms with E-state index < -0.39 is 0 Å². The molecule has 1 N–H and O–H groups in total. The quantitative estimate of drug-likeness (QED) is 0.747. The highest BCUT2D eigenvalue weighted by atomic mass is 32.1. The molecule has 3 rings (SSSR count). The van der Waals surface area contributed by atoms with Crippen molar-refractivity contribution in [3.63, 3.8) is 0 Å². The van der Waals surface area contributed by atoms with Crippen LogP contribution in [0.2, 0.25) is 0 Å². The Bertz CT molecular complexity index is 870. The van der Waals surface area contributed by atoms with Gasteiger partial charge in [-0.2, -0.15) is 0 Å². The van der Waals surface area contributed by atoms with Gasteiger partial charge in [-0.15, -0.1) is 0 Å². The number of aromatic nitrogens is 2. The fraction of sp³-hybridized carbons (Fsp3) is 0.133. The van der Waals surface area contributed by atoms with Gasteiger partial charge in [0.2, 0.25) is 0 Å². The van der Waals surface area contributed by atoms with Crippen LogP contribution < -0.4 is 9.47 Å². The summed E-state index contributed by atoms with van der Waals surface area (Å²) in [6.07, 6.45) is 0. The van der Waals surface area contributed by atoms with Crippen LogP contribution in [0.15, 0.2) is 36.4 Å². The monoisotopic (exact) mass is 304 g/mol. The van der Waals surface area contributed by atoms with E-state index in [1.165, 1.54) is 19.2 Å². The number of benzene rings is 2. The molecule has 3 aromatic rings. The van der Waals surface area contributed by atoms with E-state index in [1.807, 2.05) is 18.2 Å². The van der Waals surface area contributed by atoms with E-state index in [9.17, 15) is 4.39 Å². The highest BCUT2D eigenvalue weighted by Crippen LogP contribution is 2.31. The van der Waals surface area contributed by atoms with Gasteiger partial charge in [0, 0.05) is 6.07 Å². The van der Waals surface area contributed by atoms with Gasteiger partial charge in [0.15, 0.2) is 4.77 Å². The van der Waals surface area contributed by atoms with Gasteiger partial charge in [-0.3, -0.25) is 4.57 Å². The molecule has 0 aliphatic heterocycles. The molecular weight excluding hydrogens is 291 g/mol. The van der Waals surface area contributed by atoms with E-state index in [0.717, 1.165) is 11.0 Å². The Morgan fingerprint density at radius 3 is 2.57 bits per heavy atom. The summed E-state index contributed by atoms with van der Waals surface area (Å²) in [7, 11) is 3.10. The molecule has 1 aromatic heterocycles. The summed E-state index contributed by atoms with van der Waals surface area (Å²) in [5, 5.41) is 0. The molecule has 0 unspecified atom stereocenters. The summed E-state index contributed by atoms with van der Waals surface area (Å²) in [6.45, 7) is 0. The first-order chi connectivity index (χ1) is 10.2. The van der Waals surface area contributed by atoms with Crippen molar-refractivity contribution in [1.29, 1.82) is 0 Å². The highest BCUT2D eigenvalue weighted by Gasteiger charge is 2.14. The minimum atomic E-state index is -0.362. The lowest BCUT2D eigenvalue weighted by Crippen LogP contribution is -1.98. The van der Waals surface area contributed by atoms with Crippen molar-refractivity contribution in [1.82, 2.24) is 9.55 Å². The molecule has 0 atom stereocenters. The van der Waals surface area contributed by atoms with Gasteiger partial charge < -0.3 is 14.5 Å². The molecule has 0 aliphatic carbocycles.